The Morgan fingerprint density at radius 1 is 1.40 bits per heavy atom. The van der Waals surface area contributed by atoms with E-state index >= 15 is 0 Å². The molecule has 0 fully saturated rings. The number of ether oxygens (including phenoxy) is 1. The van der Waals surface area contributed by atoms with Crippen molar-refractivity contribution in [2.24, 2.45) is 5.73 Å². The van der Waals surface area contributed by atoms with Crippen LogP contribution in [0.4, 0.5) is 0 Å². The van der Waals surface area contributed by atoms with Crippen LogP contribution in [0.25, 0.3) is 0 Å². The van der Waals surface area contributed by atoms with E-state index in [0.29, 0.717) is 35.2 Å². The fourth-order valence-electron chi connectivity index (χ4n) is 1.04. The zero-order valence-electron chi connectivity index (χ0n) is 8.09. The van der Waals surface area contributed by atoms with Gasteiger partial charge in [-0.1, -0.05) is 23.2 Å². The van der Waals surface area contributed by atoms with Crippen molar-refractivity contribution in [1.29, 1.82) is 5.41 Å². The Kier molecular flexibility index (Phi) is 4.72. The van der Waals surface area contributed by atoms with Crippen molar-refractivity contribution in [1.82, 2.24) is 0 Å². The van der Waals surface area contributed by atoms with E-state index in [9.17, 15) is 0 Å². The van der Waals surface area contributed by atoms with Crippen molar-refractivity contribution in [3.05, 3.63) is 28.2 Å². The molecule has 0 bridgehead atoms. The van der Waals surface area contributed by atoms with Gasteiger partial charge in [0.2, 0.25) is 0 Å². The molecule has 0 heterocycles. The van der Waals surface area contributed by atoms with Crippen LogP contribution in [-0.2, 0) is 0 Å². The number of amidine groups is 1. The van der Waals surface area contributed by atoms with Gasteiger partial charge < -0.3 is 10.5 Å². The molecule has 0 aliphatic rings. The molecule has 3 N–H and O–H groups in total. The van der Waals surface area contributed by atoms with Crippen LogP contribution in [0.5, 0.6) is 5.75 Å². The summed E-state index contributed by atoms with van der Waals surface area (Å²) in [6, 6.07) is 5.07. The minimum absolute atomic E-state index is 0.167. The minimum atomic E-state index is 0.167. The third-order valence-electron chi connectivity index (χ3n) is 1.74. The van der Waals surface area contributed by atoms with Crippen LogP contribution in [-0.4, -0.2) is 12.4 Å². The standard InChI is InChI=1S/C10H12Cl2N2O/c11-7-3-4-9(8(12)6-7)15-5-1-2-10(13)14/h3-4,6H,1-2,5H2,(H3,13,14). The maximum absolute atomic E-state index is 7.03. The second-order valence-electron chi connectivity index (χ2n) is 3.05. The first kappa shape index (κ1) is 12.1. The molecular formula is C10H12Cl2N2O. The average molecular weight is 247 g/mol. The number of halogens is 2. The summed E-state index contributed by atoms with van der Waals surface area (Å²) in [4.78, 5) is 0. The Morgan fingerprint density at radius 3 is 2.73 bits per heavy atom. The van der Waals surface area contributed by atoms with Crippen molar-refractivity contribution >= 4 is 29.0 Å². The first-order valence-electron chi connectivity index (χ1n) is 4.50. The van der Waals surface area contributed by atoms with Gasteiger partial charge in [0.15, 0.2) is 0 Å². The highest BCUT2D eigenvalue weighted by atomic mass is 35.5. The lowest BCUT2D eigenvalue weighted by atomic mass is 10.3. The van der Waals surface area contributed by atoms with Gasteiger partial charge in [0, 0.05) is 11.4 Å². The summed E-state index contributed by atoms with van der Waals surface area (Å²) in [5.74, 6) is 0.769. The number of benzene rings is 1. The molecule has 0 saturated carbocycles. The van der Waals surface area contributed by atoms with E-state index in [1.54, 1.807) is 18.2 Å². The SMILES string of the molecule is N=C(N)CCCOc1ccc(Cl)cc1Cl. The van der Waals surface area contributed by atoms with Gasteiger partial charge in [-0.3, -0.25) is 5.41 Å². The van der Waals surface area contributed by atoms with Gasteiger partial charge in [0.1, 0.15) is 5.75 Å². The fraction of sp³-hybridized carbons (Fsp3) is 0.300. The molecule has 0 atom stereocenters. The van der Waals surface area contributed by atoms with Gasteiger partial charge in [0.25, 0.3) is 0 Å². The lowest BCUT2D eigenvalue weighted by Crippen LogP contribution is -2.11. The Labute approximate surface area is 98.6 Å². The molecule has 15 heavy (non-hydrogen) atoms. The molecule has 5 heteroatoms. The average Bonchev–Trinajstić information content (AvgIpc) is 2.14. The molecule has 0 aliphatic heterocycles. The molecule has 82 valence electrons. The lowest BCUT2D eigenvalue weighted by molar-refractivity contribution is 0.313. The molecule has 0 spiro atoms. The fourth-order valence-corrected chi connectivity index (χ4v) is 1.50. The van der Waals surface area contributed by atoms with Crippen molar-refractivity contribution in [3.8, 4) is 5.75 Å². The van der Waals surface area contributed by atoms with E-state index in [-0.39, 0.29) is 5.84 Å². The number of nitrogens with one attached hydrogen (secondary N) is 1. The third kappa shape index (κ3) is 4.40. The maximum atomic E-state index is 7.03. The van der Waals surface area contributed by atoms with Gasteiger partial charge in [0.05, 0.1) is 17.5 Å². The highest BCUT2D eigenvalue weighted by Crippen LogP contribution is 2.27. The number of hydrogen-bond acceptors (Lipinski definition) is 2. The molecule has 0 unspecified atom stereocenters. The lowest BCUT2D eigenvalue weighted by Gasteiger charge is -2.07. The Hall–Kier alpha value is -0.930. The predicted octanol–water partition coefficient (Wildman–Crippen LogP) is 3.09. The molecule has 3 nitrogen and oxygen atoms in total. The first-order chi connectivity index (χ1) is 7.09. The van der Waals surface area contributed by atoms with Gasteiger partial charge in [-0.15, -0.1) is 0 Å². The van der Waals surface area contributed by atoms with E-state index in [1.165, 1.54) is 0 Å². The quantitative estimate of drug-likeness (QED) is 0.477. The Balaban J connectivity index is 2.40. The second kappa shape index (κ2) is 5.83. The Morgan fingerprint density at radius 2 is 2.13 bits per heavy atom. The van der Waals surface area contributed by atoms with Crippen LogP contribution in [0.3, 0.4) is 0 Å². The Bertz CT molecular complexity index is 355. The van der Waals surface area contributed by atoms with E-state index < -0.39 is 0 Å². The molecule has 0 aliphatic carbocycles. The largest absolute Gasteiger partial charge is 0.492 e. The smallest absolute Gasteiger partial charge is 0.137 e. The van der Waals surface area contributed by atoms with E-state index in [0.717, 1.165) is 0 Å². The summed E-state index contributed by atoms with van der Waals surface area (Å²) in [5.41, 5.74) is 5.21. The normalized spacial score (nSPS) is 10.0. The van der Waals surface area contributed by atoms with Crippen LogP contribution >= 0.6 is 23.2 Å². The molecule has 1 rings (SSSR count). The molecular weight excluding hydrogens is 235 g/mol. The molecule has 0 saturated heterocycles. The summed E-state index contributed by atoms with van der Waals surface area (Å²) < 4.78 is 5.40. The number of hydrogen-bond donors (Lipinski definition) is 2. The van der Waals surface area contributed by atoms with Gasteiger partial charge in [-0.25, -0.2) is 0 Å². The highest BCUT2D eigenvalue weighted by molar-refractivity contribution is 6.35. The van der Waals surface area contributed by atoms with E-state index in [1.807, 2.05) is 0 Å². The van der Waals surface area contributed by atoms with Crippen LogP contribution in [0.15, 0.2) is 18.2 Å². The second-order valence-corrected chi connectivity index (χ2v) is 3.90. The molecule has 0 amide bonds. The van der Waals surface area contributed by atoms with Crippen LogP contribution in [0.2, 0.25) is 10.0 Å². The van der Waals surface area contributed by atoms with E-state index in [4.69, 9.17) is 39.1 Å². The summed E-state index contributed by atoms with van der Waals surface area (Å²) in [6.45, 7) is 0.487. The number of nitrogens with two attached hydrogens (primary N) is 1. The number of rotatable bonds is 5. The summed E-state index contributed by atoms with van der Waals surface area (Å²) in [7, 11) is 0. The third-order valence-corrected chi connectivity index (χ3v) is 2.27. The van der Waals surface area contributed by atoms with Gasteiger partial charge >= 0.3 is 0 Å². The summed E-state index contributed by atoms with van der Waals surface area (Å²) >= 11 is 11.6. The van der Waals surface area contributed by atoms with Crippen LogP contribution in [0, 0.1) is 5.41 Å². The highest BCUT2D eigenvalue weighted by Gasteiger charge is 2.01. The monoisotopic (exact) mass is 246 g/mol. The van der Waals surface area contributed by atoms with Crippen molar-refractivity contribution in [2.45, 2.75) is 12.8 Å². The van der Waals surface area contributed by atoms with Gasteiger partial charge in [-0.05, 0) is 24.6 Å². The zero-order chi connectivity index (χ0) is 11.3. The van der Waals surface area contributed by atoms with Crippen LogP contribution in [0.1, 0.15) is 12.8 Å². The first-order valence-corrected chi connectivity index (χ1v) is 5.26. The predicted molar refractivity (Wildman–Crippen MR) is 63.1 cm³/mol. The maximum Gasteiger partial charge on any atom is 0.137 e. The molecule has 0 radical (unpaired) electrons. The van der Waals surface area contributed by atoms with Crippen LogP contribution < -0.4 is 10.5 Å². The molecule has 0 aromatic heterocycles. The summed E-state index contributed by atoms with van der Waals surface area (Å²) in [5, 5.41) is 8.10. The minimum Gasteiger partial charge on any atom is -0.492 e. The van der Waals surface area contributed by atoms with Crippen molar-refractivity contribution in [2.75, 3.05) is 6.61 Å². The zero-order valence-corrected chi connectivity index (χ0v) is 9.61. The van der Waals surface area contributed by atoms with Crippen molar-refractivity contribution in [3.63, 3.8) is 0 Å². The van der Waals surface area contributed by atoms with E-state index in [2.05, 4.69) is 0 Å². The molecule has 1 aromatic rings. The van der Waals surface area contributed by atoms with Crippen molar-refractivity contribution < 1.29 is 4.74 Å². The topological polar surface area (TPSA) is 59.1 Å². The summed E-state index contributed by atoms with van der Waals surface area (Å²) in [6.07, 6.45) is 1.24. The van der Waals surface area contributed by atoms with Gasteiger partial charge in [-0.2, -0.15) is 0 Å². The molecule has 1 aromatic carbocycles.